The monoisotopic (exact) mass is 593 g/mol. The molecular weight excluding hydrogens is 538 g/mol. The van der Waals surface area contributed by atoms with Crippen molar-refractivity contribution < 1.29 is 23.9 Å². The lowest BCUT2D eigenvalue weighted by Gasteiger charge is -2.73. The Morgan fingerprint density at radius 2 is 1.70 bits per heavy atom. The molecule has 0 heterocycles. The molecule has 238 valence electrons. The van der Waals surface area contributed by atoms with Gasteiger partial charge in [0.15, 0.2) is 5.78 Å². The highest BCUT2D eigenvalue weighted by Crippen LogP contribution is 2.77. The second-order valence-corrected chi connectivity index (χ2v) is 15.5. The number of ether oxygens (including phenoxy) is 2. The lowest BCUT2D eigenvalue weighted by atomic mass is 9.32. The van der Waals surface area contributed by atoms with E-state index in [-0.39, 0.29) is 62.9 Å². The topological polar surface area (TPSA) is 82.0 Å². The van der Waals surface area contributed by atoms with Crippen molar-refractivity contribution >= 4 is 23.9 Å². The third-order valence-electron chi connectivity index (χ3n) is 13.8. The Morgan fingerprint density at radius 1 is 1.00 bits per heavy atom. The minimum atomic E-state index is -0.387. The summed E-state index contributed by atoms with van der Waals surface area (Å²) in [5.74, 6) is 0.822. The number of hydrogen-bond acceptors (Lipinski definition) is 6. The van der Waals surface area contributed by atoms with Crippen molar-refractivity contribution in [2.45, 2.75) is 132 Å². The van der Waals surface area contributed by atoms with E-state index in [9.17, 15) is 14.4 Å². The number of allylic oxidation sites excluding steroid dienone is 3. The van der Waals surface area contributed by atoms with Crippen molar-refractivity contribution in [2.75, 3.05) is 6.61 Å². The summed E-state index contributed by atoms with van der Waals surface area (Å²) in [6.45, 7) is 19.9. The van der Waals surface area contributed by atoms with Crippen molar-refractivity contribution in [2.24, 2.45) is 50.3 Å². The Bertz CT molecular complexity index is 1260. The molecule has 5 aliphatic carbocycles. The molecular formula is C37H55NO5. The highest BCUT2D eigenvalue weighted by atomic mass is 16.5. The molecule has 0 N–H and O–H groups in total. The van der Waals surface area contributed by atoms with Gasteiger partial charge in [0.05, 0.1) is 12.1 Å². The Balaban J connectivity index is 1.59. The average Bonchev–Trinajstić information content (AvgIpc) is 3.24. The molecule has 0 saturated heterocycles. The molecule has 5 aliphatic rings. The standard InChI is InChI=1S/C37H55NO5/c1-10-38-37-21-19-34(8)29(35(37,9)16-14-28(24(37)5)43-25(6)39)13-12-26-32-31(23(3)4)27(40)22-36(32,20-18-33(26,34)7)17-15-30(41)42-11-2/h10,15,17,23-24,26,28-29H,11-14,16,18-22H2,1-9H3. The molecule has 6 heteroatoms. The highest BCUT2D eigenvalue weighted by molar-refractivity contribution is 6.01. The minimum Gasteiger partial charge on any atom is -0.463 e. The first kappa shape index (κ1) is 32.2. The third-order valence-corrected chi connectivity index (χ3v) is 13.8. The number of carbonyl (C=O) groups is 3. The molecule has 43 heavy (non-hydrogen) atoms. The maximum absolute atomic E-state index is 13.7. The van der Waals surface area contributed by atoms with Gasteiger partial charge in [0, 0.05) is 30.8 Å². The van der Waals surface area contributed by atoms with Gasteiger partial charge < -0.3 is 9.47 Å². The van der Waals surface area contributed by atoms with E-state index in [2.05, 4.69) is 41.5 Å². The second kappa shape index (κ2) is 11.0. The number of carbonyl (C=O) groups excluding carboxylic acids is 3. The molecule has 6 nitrogen and oxygen atoms in total. The van der Waals surface area contributed by atoms with E-state index in [0.29, 0.717) is 24.9 Å². The number of ketones is 1. The van der Waals surface area contributed by atoms with Crippen LogP contribution in [0.4, 0.5) is 0 Å². The Morgan fingerprint density at radius 3 is 2.33 bits per heavy atom. The number of nitrogens with zero attached hydrogens (tertiary/aromatic N) is 1. The first-order valence-corrected chi connectivity index (χ1v) is 17.0. The van der Waals surface area contributed by atoms with Crippen LogP contribution in [0.3, 0.4) is 0 Å². The minimum absolute atomic E-state index is 0.0182. The normalized spacial score (nSPS) is 44.3. The number of rotatable bonds is 6. The van der Waals surface area contributed by atoms with Crippen LogP contribution in [0.2, 0.25) is 0 Å². The molecule has 4 saturated carbocycles. The summed E-state index contributed by atoms with van der Waals surface area (Å²) in [5, 5.41) is 0. The first-order valence-electron chi connectivity index (χ1n) is 17.0. The lowest BCUT2D eigenvalue weighted by Crippen LogP contribution is -2.70. The van der Waals surface area contributed by atoms with Crippen molar-refractivity contribution in [3.63, 3.8) is 0 Å². The van der Waals surface area contributed by atoms with Gasteiger partial charge in [0.1, 0.15) is 6.10 Å². The zero-order valence-corrected chi connectivity index (χ0v) is 28.2. The van der Waals surface area contributed by atoms with Crippen LogP contribution >= 0.6 is 0 Å². The molecule has 0 aromatic rings. The van der Waals surface area contributed by atoms with Gasteiger partial charge in [-0.25, -0.2) is 4.79 Å². The van der Waals surface area contributed by atoms with Crippen LogP contribution < -0.4 is 0 Å². The van der Waals surface area contributed by atoms with E-state index in [1.54, 1.807) is 6.08 Å². The van der Waals surface area contributed by atoms with Crippen molar-refractivity contribution in [3.05, 3.63) is 23.3 Å². The quantitative estimate of drug-likeness (QED) is 0.178. The van der Waals surface area contributed by atoms with Gasteiger partial charge in [-0.15, -0.1) is 0 Å². The number of aliphatic imine (C=N–C) groups is 1. The van der Waals surface area contributed by atoms with E-state index in [1.807, 2.05) is 26.1 Å². The summed E-state index contributed by atoms with van der Waals surface area (Å²) in [4.78, 5) is 43.6. The molecule has 0 amide bonds. The van der Waals surface area contributed by atoms with Gasteiger partial charge in [0.25, 0.3) is 0 Å². The van der Waals surface area contributed by atoms with Crippen LogP contribution in [0.1, 0.15) is 120 Å². The second-order valence-electron chi connectivity index (χ2n) is 15.5. The van der Waals surface area contributed by atoms with Gasteiger partial charge in [-0.05, 0) is 117 Å². The fourth-order valence-electron chi connectivity index (χ4n) is 11.7. The molecule has 0 aromatic heterocycles. The molecule has 0 aromatic carbocycles. The van der Waals surface area contributed by atoms with Gasteiger partial charge in [-0.2, -0.15) is 0 Å². The van der Waals surface area contributed by atoms with Gasteiger partial charge in [-0.3, -0.25) is 14.6 Å². The zero-order chi connectivity index (χ0) is 31.6. The van der Waals surface area contributed by atoms with Crippen LogP contribution in [0.25, 0.3) is 0 Å². The average molecular weight is 594 g/mol. The van der Waals surface area contributed by atoms with Crippen LogP contribution in [0.15, 0.2) is 28.3 Å². The summed E-state index contributed by atoms with van der Waals surface area (Å²) in [6, 6.07) is 0. The summed E-state index contributed by atoms with van der Waals surface area (Å²) in [7, 11) is 0. The maximum Gasteiger partial charge on any atom is 0.330 e. The molecule has 0 radical (unpaired) electrons. The summed E-state index contributed by atoms with van der Waals surface area (Å²) < 4.78 is 11.2. The van der Waals surface area contributed by atoms with Crippen LogP contribution in [0, 0.1) is 45.3 Å². The van der Waals surface area contributed by atoms with E-state index in [4.69, 9.17) is 14.5 Å². The van der Waals surface area contributed by atoms with Gasteiger partial charge in [-0.1, -0.05) is 47.6 Å². The number of Topliss-reactive ketones (excluding diaryl/α,β-unsaturated/α-hetero) is 1. The Labute approximate surface area is 259 Å². The highest BCUT2D eigenvalue weighted by Gasteiger charge is 2.72. The van der Waals surface area contributed by atoms with E-state index >= 15 is 0 Å². The van der Waals surface area contributed by atoms with Crippen LogP contribution in [-0.4, -0.2) is 42.2 Å². The number of esters is 2. The molecule has 5 rings (SSSR count). The van der Waals surface area contributed by atoms with Gasteiger partial charge >= 0.3 is 11.9 Å². The van der Waals surface area contributed by atoms with E-state index < -0.39 is 0 Å². The summed E-state index contributed by atoms with van der Waals surface area (Å²) >= 11 is 0. The van der Waals surface area contributed by atoms with Crippen LogP contribution in [-0.2, 0) is 23.9 Å². The largest absolute Gasteiger partial charge is 0.463 e. The zero-order valence-electron chi connectivity index (χ0n) is 28.2. The molecule has 9 atom stereocenters. The maximum atomic E-state index is 13.7. The van der Waals surface area contributed by atoms with Crippen molar-refractivity contribution in [1.82, 2.24) is 0 Å². The smallest absolute Gasteiger partial charge is 0.330 e. The van der Waals surface area contributed by atoms with E-state index in [1.165, 1.54) is 12.5 Å². The van der Waals surface area contributed by atoms with Crippen LogP contribution in [0.5, 0.6) is 0 Å². The lowest BCUT2D eigenvalue weighted by molar-refractivity contribution is -0.220. The third kappa shape index (κ3) is 4.46. The van der Waals surface area contributed by atoms with Gasteiger partial charge in [0.2, 0.25) is 0 Å². The van der Waals surface area contributed by atoms with E-state index in [0.717, 1.165) is 56.9 Å². The predicted molar refractivity (Wildman–Crippen MR) is 170 cm³/mol. The fraction of sp³-hybridized carbons (Fsp3) is 0.784. The molecule has 0 bridgehead atoms. The van der Waals surface area contributed by atoms with Crippen molar-refractivity contribution in [3.8, 4) is 0 Å². The predicted octanol–water partition coefficient (Wildman–Crippen LogP) is 7.84. The summed E-state index contributed by atoms with van der Waals surface area (Å²) in [6.07, 6.45) is 14.0. The fourth-order valence-corrected chi connectivity index (χ4v) is 11.7. The molecule has 0 spiro atoms. The molecule has 9 unspecified atom stereocenters. The first-order chi connectivity index (χ1) is 20.2. The molecule has 4 fully saturated rings. The molecule has 0 aliphatic heterocycles. The number of hydrogen-bond donors (Lipinski definition) is 0. The SMILES string of the molecule is CC=NC12CCC3(C)C(CCC4C5=C(C(C)C)C(=O)CC5(C=CC(=O)OCC)CCC43C)C1(C)CCC(OC(C)=O)C2C. The summed E-state index contributed by atoms with van der Waals surface area (Å²) in [5.41, 5.74) is 1.79. The Kier molecular flexibility index (Phi) is 8.21. The van der Waals surface area contributed by atoms with Crippen molar-refractivity contribution in [1.29, 1.82) is 0 Å². The Hall–Kier alpha value is -2.24. The number of fused-ring (bicyclic) bond motifs is 7.